The number of ether oxygens (including phenoxy) is 3. The van der Waals surface area contributed by atoms with Gasteiger partial charge < -0.3 is 19.1 Å². The fourth-order valence-electron chi connectivity index (χ4n) is 2.26. The number of methoxy groups -OCH3 is 2. The molecule has 0 aliphatic carbocycles. The topological polar surface area (TPSA) is 48.0 Å². The molecule has 114 valence electrons. The number of morpholine rings is 1. The number of carbonyl (C=O) groups excluding carboxylic acids is 1. The molecule has 1 amide bonds. The standard InChI is InChI=1S/C16H21NO4/c1-12(10-16(18)17-6-8-21-9-7-17)14-5-4-13(19-2)11-15(14)20-3/h4-5,10-11H,6-9H2,1-3H3/b12-10+. The van der Waals surface area contributed by atoms with Gasteiger partial charge in [-0.2, -0.15) is 0 Å². The molecule has 21 heavy (non-hydrogen) atoms. The van der Waals surface area contributed by atoms with Crippen molar-refractivity contribution in [2.24, 2.45) is 0 Å². The zero-order valence-electron chi connectivity index (χ0n) is 12.7. The Kier molecular flexibility index (Phi) is 5.22. The molecule has 0 saturated carbocycles. The van der Waals surface area contributed by atoms with E-state index < -0.39 is 0 Å². The van der Waals surface area contributed by atoms with Gasteiger partial charge in [0.25, 0.3) is 0 Å². The summed E-state index contributed by atoms with van der Waals surface area (Å²) in [7, 11) is 3.22. The summed E-state index contributed by atoms with van der Waals surface area (Å²) in [6, 6.07) is 5.57. The van der Waals surface area contributed by atoms with E-state index in [2.05, 4.69) is 0 Å². The largest absolute Gasteiger partial charge is 0.497 e. The van der Waals surface area contributed by atoms with E-state index in [0.717, 1.165) is 16.9 Å². The van der Waals surface area contributed by atoms with Crippen molar-refractivity contribution in [3.63, 3.8) is 0 Å². The van der Waals surface area contributed by atoms with E-state index in [1.54, 1.807) is 25.2 Å². The van der Waals surface area contributed by atoms with E-state index in [1.807, 2.05) is 25.1 Å². The maximum Gasteiger partial charge on any atom is 0.247 e. The molecule has 1 aromatic carbocycles. The van der Waals surface area contributed by atoms with Crippen molar-refractivity contribution in [2.75, 3.05) is 40.5 Å². The summed E-state index contributed by atoms with van der Waals surface area (Å²) >= 11 is 0. The summed E-state index contributed by atoms with van der Waals surface area (Å²) < 4.78 is 15.8. The summed E-state index contributed by atoms with van der Waals surface area (Å²) in [5.74, 6) is 1.43. The summed E-state index contributed by atoms with van der Waals surface area (Å²) in [5, 5.41) is 0. The van der Waals surface area contributed by atoms with E-state index in [-0.39, 0.29) is 5.91 Å². The SMILES string of the molecule is COc1ccc(/C(C)=C/C(=O)N2CCOCC2)c(OC)c1. The third-order valence-electron chi connectivity index (χ3n) is 3.50. The highest BCUT2D eigenvalue weighted by Crippen LogP contribution is 2.29. The summed E-state index contributed by atoms with van der Waals surface area (Å²) in [6.07, 6.45) is 1.65. The second-order valence-corrected chi connectivity index (χ2v) is 4.83. The lowest BCUT2D eigenvalue weighted by molar-refractivity contribution is -0.129. The third-order valence-corrected chi connectivity index (χ3v) is 3.50. The molecule has 0 N–H and O–H groups in total. The Morgan fingerprint density at radius 2 is 1.95 bits per heavy atom. The van der Waals surface area contributed by atoms with Gasteiger partial charge in [-0.25, -0.2) is 0 Å². The number of hydrogen-bond donors (Lipinski definition) is 0. The zero-order chi connectivity index (χ0) is 15.2. The van der Waals surface area contributed by atoms with Gasteiger partial charge in [-0.05, 0) is 24.6 Å². The minimum atomic E-state index is 0.00803. The van der Waals surface area contributed by atoms with Crippen LogP contribution in [0.25, 0.3) is 5.57 Å². The van der Waals surface area contributed by atoms with Crippen molar-refractivity contribution in [3.05, 3.63) is 29.8 Å². The van der Waals surface area contributed by atoms with Crippen molar-refractivity contribution in [1.82, 2.24) is 4.90 Å². The van der Waals surface area contributed by atoms with Crippen LogP contribution >= 0.6 is 0 Å². The molecule has 1 aliphatic heterocycles. The molecule has 1 fully saturated rings. The molecule has 0 aromatic heterocycles. The van der Waals surface area contributed by atoms with Crippen LogP contribution < -0.4 is 9.47 Å². The molecule has 0 radical (unpaired) electrons. The van der Waals surface area contributed by atoms with Crippen LogP contribution in [-0.4, -0.2) is 51.3 Å². The summed E-state index contributed by atoms with van der Waals surface area (Å²) in [5.41, 5.74) is 1.76. The third kappa shape index (κ3) is 3.76. The van der Waals surface area contributed by atoms with E-state index >= 15 is 0 Å². The smallest absolute Gasteiger partial charge is 0.247 e. The van der Waals surface area contributed by atoms with Crippen LogP contribution in [0, 0.1) is 0 Å². The average Bonchev–Trinajstić information content (AvgIpc) is 2.54. The fourth-order valence-corrected chi connectivity index (χ4v) is 2.26. The first kappa shape index (κ1) is 15.4. The first-order chi connectivity index (χ1) is 10.2. The first-order valence-corrected chi connectivity index (χ1v) is 6.93. The van der Waals surface area contributed by atoms with Gasteiger partial charge in [-0.15, -0.1) is 0 Å². The highest BCUT2D eigenvalue weighted by molar-refractivity contribution is 5.95. The molecule has 5 heteroatoms. The van der Waals surface area contributed by atoms with Crippen molar-refractivity contribution in [3.8, 4) is 11.5 Å². The fraction of sp³-hybridized carbons (Fsp3) is 0.438. The van der Waals surface area contributed by atoms with Gasteiger partial charge in [0.2, 0.25) is 5.91 Å². The zero-order valence-corrected chi connectivity index (χ0v) is 12.7. The molecule has 1 aliphatic rings. The number of nitrogens with zero attached hydrogens (tertiary/aromatic N) is 1. The molecular weight excluding hydrogens is 270 g/mol. The van der Waals surface area contributed by atoms with Crippen LogP contribution in [0.4, 0.5) is 0 Å². The second kappa shape index (κ2) is 7.13. The predicted octanol–water partition coefficient (Wildman–Crippen LogP) is 1.97. The van der Waals surface area contributed by atoms with Gasteiger partial charge >= 0.3 is 0 Å². The Bertz CT molecular complexity index is 533. The van der Waals surface area contributed by atoms with Gasteiger partial charge in [0.1, 0.15) is 11.5 Å². The van der Waals surface area contributed by atoms with Crippen LogP contribution in [-0.2, 0) is 9.53 Å². The molecule has 1 saturated heterocycles. The lowest BCUT2D eigenvalue weighted by atomic mass is 10.1. The highest BCUT2D eigenvalue weighted by Gasteiger charge is 2.16. The normalized spacial score (nSPS) is 15.8. The molecule has 2 rings (SSSR count). The predicted molar refractivity (Wildman–Crippen MR) is 80.6 cm³/mol. The molecule has 0 atom stereocenters. The van der Waals surface area contributed by atoms with Gasteiger partial charge in [0.05, 0.1) is 27.4 Å². The monoisotopic (exact) mass is 291 g/mol. The van der Waals surface area contributed by atoms with E-state index in [4.69, 9.17) is 14.2 Å². The Morgan fingerprint density at radius 1 is 1.24 bits per heavy atom. The van der Waals surface area contributed by atoms with Crippen LogP contribution in [0.3, 0.4) is 0 Å². The number of hydrogen-bond acceptors (Lipinski definition) is 4. The van der Waals surface area contributed by atoms with E-state index in [1.165, 1.54) is 0 Å². The summed E-state index contributed by atoms with van der Waals surface area (Å²) in [6.45, 7) is 4.39. The molecule has 0 bridgehead atoms. The minimum Gasteiger partial charge on any atom is -0.497 e. The Balaban J connectivity index is 2.19. The first-order valence-electron chi connectivity index (χ1n) is 6.93. The van der Waals surface area contributed by atoms with Crippen LogP contribution in [0.1, 0.15) is 12.5 Å². The van der Waals surface area contributed by atoms with Crippen molar-refractivity contribution < 1.29 is 19.0 Å². The van der Waals surface area contributed by atoms with Gasteiger partial charge in [-0.3, -0.25) is 4.79 Å². The molecule has 1 aromatic rings. The molecule has 0 unspecified atom stereocenters. The van der Waals surface area contributed by atoms with Gasteiger partial charge in [0.15, 0.2) is 0 Å². The quantitative estimate of drug-likeness (QED) is 0.796. The van der Waals surface area contributed by atoms with Gasteiger partial charge in [-0.1, -0.05) is 0 Å². The van der Waals surface area contributed by atoms with E-state index in [0.29, 0.717) is 32.1 Å². The van der Waals surface area contributed by atoms with Crippen molar-refractivity contribution in [1.29, 1.82) is 0 Å². The number of allylic oxidation sites excluding steroid dienone is 1. The number of rotatable bonds is 4. The Morgan fingerprint density at radius 3 is 2.57 bits per heavy atom. The highest BCUT2D eigenvalue weighted by atomic mass is 16.5. The average molecular weight is 291 g/mol. The molecule has 1 heterocycles. The maximum atomic E-state index is 12.2. The second-order valence-electron chi connectivity index (χ2n) is 4.83. The van der Waals surface area contributed by atoms with Crippen molar-refractivity contribution >= 4 is 11.5 Å². The minimum absolute atomic E-state index is 0.00803. The van der Waals surface area contributed by atoms with Crippen molar-refractivity contribution in [2.45, 2.75) is 6.92 Å². The number of amides is 1. The lowest BCUT2D eigenvalue weighted by Gasteiger charge is -2.26. The lowest BCUT2D eigenvalue weighted by Crippen LogP contribution is -2.39. The van der Waals surface area contributed by atoms with Gasteiger partial charge in [0, 0.05) is 30.8 Å². The van der Waals surface area contributed by atoms with Crippen LogP contribution in [0.5, 0.6) is 11.5 Å². The van der Waals surface area contributed by atoms with Crippen LogP contribution in [0.15, 0.2) is 24.3 Å². The maximum absolute atomic E-state index is 12.2. The van der Waals surface area contributed by atoms with Crippen LogP contribution in [0.2, 0.25) is 0 Å². The number of carbonyl (C=O) groups is 1. The Labute approximate surface area is 125 Å². The summed E-state index contributed by atoms with van der Waals surface area (Å²) in [4.78, 5) is 14.0. The number of benzene rings is 1. The van der Waals surface area contributed by atoms with E-state index in [9.17, 15) is 4.79 Å². The molecule has 0 spiro atoms. The molecular formula is C16H21NO4. The molecule has 5 nitrogen and oxygen atoms in total. The Hall–Kier alpha value is -2.01.